The standard InChI is InChI=1S/C20H20N2O/c1-2-8-18(15-9-4-3-5-10-15)22-20(23)17-13-14-21-19-12-7-6-11-16(17)19/h3-7,9-14,18H,2,8H2,1H3,(H,22,23). The summed E-state index contributed by atoms with van der Waals surface area (Å²) in [6.07, 6.45) is 3.62. The second-order valence-electron chi connectivity index (χ2n) is 5.60. The van der Waals surface area contributed by atoms with Gasteiger partial charge in [-0.15, -0.1) is 0 Å². The highest BCUT2D eigenvalue weighted by atomic mass is 16.1. The van der Waals surface area contributed by atoms with E-state index in [0.717, 1.165) is 29.3 Å². The average molecular weight is 304 g/mol. The predicted octanol–water partition coefficient (Wildman–Crippen LogP) is 4.51. The van der Waals surface area contributed by atoms with Crippen LogP contribution in [0.4, 0.5) is 0 Å². The first-order valence-electron chi connectivity index (χ1n) is 7.99. The van der Waals surface area contributed by atoms with Gasteiger partial charge in [0.05, 0.1) is 17.1 Å². The number of rotatable bonds is 5. The summed E-state index contributed by atoms with van der Waals surface area (Å²) in [6, 6.07) is 19.7. The molecule has 0 aliphatic heterocycles. The van der Waals surface area contributed by atoms with Crippen molar-refractivity contribution in [2.24, 2.45) is 0 Å². The summed E-state index contributed by atoms with van der Waals surface area (Å²) in [5.74, 6) is -0.0501. The van der Waals surface area contributed by atoms with Crippen LogP contribution < -0.4 is 5.32 Å². The minimum atomic E-state index is -0.0501. The zero-order chi connectivity index (χ0) is 16.1. The number of carbonyl (C=O) groups excluding carboxylic acids is 1. The normalized spacial score (nSPS) is 12.0. The SMILES string of the molecule is CCCC(NC(=O)c1ccnc2ccccc12)c1ccccc1. The van der Waals surface area contributed by atoms with E-state index in [0.29, 0.717) is 5.56 Å². The van der Waals surface area contributed by atoms with E-state index >= 15 is 0 Å². The molecular weight excluding hydrogens is 284 g/mol. The van der Waals surface area contributed by atoms with Gasteiger partial charge < -0.3 is 5.32 Å². The molecule has 0 bridgehead atoms. The Morgan fingerprint density at radius 2 is 1.78 bits per heavy atom. The van der Waals surface area contributed by atoms with Crippen LogP contribution in [-0.2, 0) is 0 Å². The van der Waals surface area contributed by atoms with E-state index in [9.17, 15) is 4.79 Å². The molecule has 0 radical (unpaired) electrons. The van der Waals surface area contributed by atoms with Crippen molar-refractivity contribution in [3.05, 3.63) is 78.0 Å². The summed E-state index contributed by atoms with van der Waals surface area (Å²) >= 11 is 0. The number of para-hydroxylation sites is 1. The molecule has 0 aliphatic rings. The molecule has 3 nitrogen and oxygen atoms in total. The Bertz CT molecular complexity index is 794. The van der Waals surface area contributed by atoms with Gasteiger partial charge in [-0.3, -0.25) is 9.78 Å². The maximum absolute atomic E-state index is 12.8. The molecule has 0 fully saturated rings. The number of hydrogen-bond acceptors (Lipinski definition) is 2. The third-order valence-corrected chi connectivity index (χ3v) is 3.98. The van der Waals surface area contributed by atoms with E-state index in [-0.39, 0.29) is 11.9 Å². The van der Waals surface area contributed by atoms with Crippen LogP contribution in [0.25, 0.3) is 10.9 Å². The first-order valence-corrected chi connectivity index (χ1v) is 7.99. The molecule has 3 rings (SSSR count). The van der Waals surface area contributed by atoms with Gasteiger partial charge >= 0.3 is 0 Å². The van der Waals surface area contributed by atoms with Crippen molar-refractivity contribution in [1.29, 1.82) is 0 Å². The van der Waals surface area contributed by atoms with Crippen LogP contribution in [-0.4, -0.2) is 10.9 Å². The van der Waals surface area contributed by atoms with E-state index in [2.05, 4.69) is 29.4 Å². The number of amides is 1. The Morgan fingerprint density at radius 1 is 1.04 bits per heavy atom. The van der Waals surface area contributed by atoms with Gasteiger partial charge in [0.2, 0.25) is 0 Å². The molecule has 0 spiro atoms. The first-order chi connectivity index (χ1) is 11.3. The van der Waals surface area contributed by atoms with Crippen LogP contribution in [0.5, 0.6) is 0 Å². The summed E-state index contributed by atoms with van der Waals surface area (Å²) in [5.41, 5.74) is 2.65. The van der Waals surface area contributed by atoms with Gasteiger partial charge in [-0.1, -0.05) is 61.9 Å². The quantitative estimate of drug-likeness (QED) is 0.753. The van der Waals surface area contributed by atoms with Gasteiger partial charge in [-0.2, -0.15) is 0 Å². The fraction of sp³-hybridized carbons (Fsp3) is 0.200. The highest BCUT2D eigenvalue weighted by molar-refractivity contribution is 6.06. The van der Waals surface area contributed by atoms with Gasteiger partial charge in [0, 0.05) is 11.6 Å². The number of nitrogens with one attached hydrogen (secondary N) is 1. The average Bonchev–Trinajstić information content (AvgIpc) is 2.61. The van der Waals surface area contributed by atoms with Crippen molar-refractivity contribution in [1.82, 2.24) is 10.3 Å². The second-order valence-corrected chi connectivity index (χ2v) is 5.60. The van der Waals surface area contributed by atoms with Gasteiger partial charge in [-0.05, 0) is 24.1 Å². The van der Waals surface area contributed by atoms with Crippen LogP contribution in [0.1, 0.15) is 41.7 Å². The number of pyridine rings is 1. The number of hydrogen-bond donors (Lipinski definition) is 1. The predicted molar refractivity (Wildman–Crippen MR) is 93.3 cm³/mol. The Kier molecular flexibility index (Phi) is 4.67. The molecule has 0 aliphatic carbocycles. The van der Waals surface area contributed by atoms with Crippen molar-refractivity contribution in [2.45, 2.75) is 25.8 Å². The topological polar surface area (TPSA) is 42.0 Å². The first kappa shape index (κ1) is 15.2. The molecule has 23 heavy (non-hydrogen) atoms. The molecule has 3 heteroatoms. The molecule has 116 valence electrons. The number of aromatic nitrogens is 1. The molecule has 3 aromatic rings. The molecule has 0 saturated carbocycles. The van der Waals surface area contributed by atoms with Crippen molar-refractivity contribution in [2.75, 3.05) is 0 Å². The maximum atomic E-state index is 12.8. The lowest BCUT2D eigenvalue weighted by Crippen LogP contribution is -2.28. The molecule has 1 unspecified atom stereocenters. The fourth-order valence-electron chi connectivity index (χ4n) is 2.83. The lowest BCUT2D eigenvalue weighted by molar-refractivity contribution is 0.0936. The molecule has 2 aromatic carbocycles. The Balaban J connectivity index is 1.89. The molecule has 1 atom stereocenters. The van der Waals surface area contributed by atoms with Crippen LogP contribution >= 0.6 is 0 Å². The van der Waals surface area contributed by atoms with E-state index in [1.165, 1.54) is 0 Å². The number of benzene rings is 2. The van der Waals surface area contributed by atoms with Crippen molar-refractivity contribution >= 4 is 16.8 Å². The zero-order valence-electron chi connectivity index (χ0n) is 13.2. The third kappa shape index (κ3) is 3.39. The third-order valence-electron chi connectivity index (χ3n) is 3.98. The van der Waals surface area contributed by atoms with Gasteiger partial charge in [-0.25, -0.2) is 0 Å². The summed E-state index contributed by atoms with van der Waals surface area (Å²) in [7, 11) is 0. The van der Waals surface area contributed by atoms with Crippen LogP contribution in [0.15, 0.2) is 66.9 Å². The van der Waals surface area contributed by atoms with E-state index in [4.69, 9.17) is 0 Å². The van der Waals surface area contributed by atoms with E-state index in [1.807, 2.05) is 42.5 Å². The maximum Gasteiger partial charge on any atom is 0.252 e. The van der Waals surface area contributed by atoms with Gasteiger partial charge in [0.15, 0.2) is 0 Å². The van der Waals surface area contributed by atoms with Crippen LogP contribution in [0.3, 0.4) is 0 Å². The van der Waals surface area contributed by atoms with Crippen molar-refractivity contribution in [3.8, 4) is 0 Å². The summed E-state index contributed by atoms with van der Waals surface area (Å²) < 4.78 is 0. The smallest absolute Gasteiger partial charge is 0.252 e. The minimum Gasteiger partial charge on any atom is -0.345 e. The number of carbonyl (C=O) groups is 1. The zero-order valence-corrected chi connectivity index (χ0v) is 13.2. The van der Waals surface area contributed by atoms with Crippen LogP contribution in [0.2, 0.25) is 0 Å². The fourth-order valence-corrected chi connectivity index (χ4v) is 2.83. The second kappa shape index (κ2) is 7.05. The van der Waals surface area contributed by atoms with E-state index in [1.54, 1.807) is 12.3 Å². The summed E-state index contributed by atoms with van der Waals surface area (Å²) in [6.45, 7) is 2.13. The van der Waals surface area contributed by atoms with Gasteiger partial charge in [0.1, 0.15) is 0 Å². The lowest BCUT2D eigenvalue weighted by atomic mass is 10.0. The monoisotopic (exact) mass is 304 g/mol. The molecular formula is C20H20N2O. The van der Waals surface area contributed by atoms with E-state index < -0.39 is 0 Å². The molecule has 1 heterocycles. The van der Waals surface area contributed by atoms with Gasteiger partial charge in [0.25, 0.3) is 5.91 Å². The number of fused-ring (bicyclic) bond motifs is 1. The summed E-state index contributed by atoms with van der Waals surface area (Å²) in [4.78, 5) is 17.1. The van der Waals surface area contributed by atoms with Crippen LogP contribution in [0, 0.1) is 0 Å². The highest BCUT2D eigenvalue weighted by Crippen LogP contribution is 2.21. The minimum absolute atomic E-state index is 0.0284. The summed E-state index contributed by atoms with van der Waals surface area (Å²) in [5, 5.41) is 4.06. The lowest BCUT2D eigenvalue weighted by Gasteiger charge is -2.19. The number of nitrogens with zero attached hydrogens (tertiary/aromatic N) is 1. The Morgan fingerprint density at radius 3 is 2.57 bits per heavy atom. The molecule has 1 amide bonds. The molecule has 1 aromatic heterocycles. The molecule has 0 saturated heterocycles. The van der Waals surface area contributed by atoms with Crippen molar-refractivity contribution in [3.63, 3.8) is 0 Å². The largest absolute Gasteiger partial charge is 0.345 e. The highest BCUT2D eigenvalue weighted by Gasteiger charge is 2.16. The Hall–Kier alpha value is -2.68. The van der Waals surface area contributed by atoms with Crippen molar-refractivity contribution < 1.29 is 4.79 Å². The molecule has 1 N–H and O–H groups in total. The Labute approximate surface area is 136 Å².